The summed E-state index contributed by atoms with van der Waals surface area (Å²) >= 11 is 0. The molecule has 0 bridgehead atoms. The van der Waals surface area contributed by atoms with E-state index in [2.05, 4.69) is 0 Å². The second-order valence-corrected chi connectivity index (χ2v) is 4.58. The van der Waals surface area contributed by atoms with Gasteiger partial charge in [0.2, 0.25) is 5.54 Å². The Hall–Kier alpha value is -1.24. The van der Waals surface area contributed by atoms with Crippen LogP contribution in [0.4, 0.5) is 26.3 Å². The molecule has 0 spiro atoms. The second kappa shape index (κ2) is 4.13. The van der Waals surface area contributed by atoms with E-state index < -0.39 is 23.5 Å². The van der Waals surface area contributed by atoms with Crippen LogP contribution >= 0.6 is 0 Å². The van der Waals surface area contributed by atoms with Gasteiger partial charge in [0.15, 0.2) is 0 Å². The Morgan fingerprint density at radius 2 is 1.63 bits per heavy atom. The number of aryl methyl sites for hydroxylation is 1. The summed E-state index contributed by atoms with van der Waals surface area (Å²) in [7, 11) is 0. The molecule has 1 aliphatic heterocycles. The Balaban J connectivity index is 2.73. The van der Waals surface area contributed by atoms with Crippen LogP contribution in [0.2, 0.25) is 0 Å². The first kappa shape index (κ1) is 14.2. The van der Waals surface area contributed by atoms with Crippen molar-refractivity contribution < 1.29 is 26.3 Å². The predicted octanol–water partition coefficient (Wildman–Crippen LogP) is 3.46. The van der Waals surface area contributed by atoms with Gasteiger partial charge in [-0.3, -0.25) is 5.32 Å². The lowest BCUT2D eigenvalue weighted by molar-refractivity contribution is -0.315. The molecule has 0 saturated heterocycles. The third kappa shape index (κ3) is 2.00. The summed E-state index contributed by atoms with van der Waals surface area (Å²) in [4.78, 5) is 0. The van der Waals surface area contributed by atoms with E-state index in [9.17, 15) is 26.3 Å². The van der Waals surface area contributed by atoms with Crippen molar-refractivity contribution in [2.24, 2.45) is 0 Å². The fourth-order valence-corrected chi connectivity index (χ4v) is 2.44. The number of halogens is 6. The molecule has 0 aliphatic carbocycles. The van der Waals surface area contributed by atoms with E-state index in [1.165, 1.54) is 12.1 Å². The molecule has 1 N–H and O–H groups in total. The van der Waals surface area contributed by atoms with Crippen LogP contribution in [-0.4, -0.2) is 18.9 Å². The normalized spacial score (nSPS) is 19.1. The minimum absolute atomic E-state index is 0.0911. The summed E-state index contributed by atoms with van der Waals surface area (Å²) in [6.07, 6.45) is -10.8. The van der Waals surface area contributed by atoms with Gasteiger partial charge in [-0.2, -0.15) is 26.3 Å². The molecular weight excluding hydrogens is 272 g/mol. The van der Waals surface area contributed by atoms with Gasteiger partial charge in [0.1, 0.15) is 0 Å². The zero-order valence-corrected chi connectivity index (χ0v) is 9.91. The van der Waals surface area contributed by atoms with Gasteiger partial charge in [0.05, 0.1) is 0 Å². The first-order valence-electron chi connectivity index (χ1n) is 5.58. The molecule has 0 fully saturated rings. The third-order valence-corrected chi connectivity index (χ3v) is 3.30. The van der Waals surface area contributed by atoms with Gasteiger partial charge < -0.3 is 0 Å². The number of rotatable bonds is 0. The molecular formula is C12H11F6N. The zero-order chi connectivity index (χ0) is 14.5. The minimum Gasteiger partial charge on any atom is -0.292 e. The maximum absolute atomic E-state index is 13.1. The quantitative estimate of drug-likeness (QED) is 0.719. The number of hydrogen-bond acceptors (Lipinski definition) is 1. The molecule has 1 aromatic rings. The fraction of sp³-hybridized carbons (Fsp3) is 0.500. The van der Waals surface area contributed by atoms with Crippen molar-refractivity contribution in [3.05, 3.63) is 34.9 Å². The summed E-state index contributed by atoms with van der Waals surface area (Å²) in [5, 5.41) is 1.64. The average Bonchev–Trinajstić information content (AvgIpc) is 2.24. The van der Waals surface area contributed by atoms with Crippen molar-refractivity contribution in [2.45, 2.75) is 31.2 Å². The summed E-state index contributed by atoms with van der Waals surface area (Å²) in [5.74, 6) is 0. The van der Waals surface area contributed by atoms with Gasteiger partial charge in [0.25, 0.3) is 0 Å². The molecule has 0 unspecified atom stereocenters. The summed E-state index contributed by atoms with van der Waals surface area (Å²) in [6.45, 7) is 1.26. The van der Waals surface area contributed by atoms with Gasteiger partial charge in [-0.25, -0.2) is 0 Å². The van der Waals surface area contributed by atoms with E-state index in [-0.39, 0.29) is 18.5 Å². The number of alkyl halides is 6. The molecule has 0 saturated carbocycles. The Morgan fingerprint density at radius 3 is 2.16 bits per heavy atom. The van der Waals surface area contributed by atoms with E-state index >= 15 is 0 Å². The molecule has 0 aromatic heterocycles. The predicted molar refractivity (Wildman–Crippen MR) is 56.7 cm³/mol. The smallest absolute Gasteiger partial charge is 0.292 e. The van der Waals surface area contributed by atoms with Crippen LogP contribution in [0, 0.1) is 6.92 Å². The Labute approximate surface area is 105 Å². The minimum atomic E-state index is -5.45. The van der Waals surface area contributed by atoms with Crippen molar-refractivity contribution in [1.82, 2.24) is 5.32 Å². The second-order valence-electron chi connectivity index (χ2n) is 4.58. The highest BCUT2D eigenvalue weighted by Crippen LogP contribution is 2.52. The molecule has 19 heavy (non-hydrogen) atoms. The Bertz CT molecular complexity index is 474. The van der Waals surface area contributed by atoms with Gasteiger partial charge >= 0.3 is 12.4 Å². The van der Waals surface area contributed by atoms with Crippen LogP contribution in [0.1, 0.15) is 16.7 Å². The average molecular weight is 283 g/mol. The summed E-state index contributed by atoms with van der Waals surface area (Å²) in [5.41, 5.74) is -3.99. The van der Waals surface area contributed by atoms with Crippen LogP contribution in [0.3, 0.4) is 0 Å². The Morgan fingerprint density at radius 1 is 1.05 bits per heavy atom. The molecule has 1 aromatic carbocycles. The maximum Gasteiger partial charge on any atom is 0.419 e. The molecule has 1 heterocycles. The third-order valence-electron chi connectivity index (χ3n) is 3.30. The topological polar surface area (TPSA) is 12.0 Å². The highest BCUT2D eigenvalue weighted by Gasteiger charge is 2.72. The zero-order valence-electron chi connectivity index (χ0n) is 9.91. The summed E-state index contributed by atoms with van der Waals surface area (Å²) in [6, 6.07) is 3.55. The van der Waals surface area contributed by atoms with Crippen molar-refractivity contribution in [2.75, 3.05) is 6.54 Å². The number of hydrogen-bond donors (Lipinski definition) is 1. The number of nitrogens with one attached hydrogen (secondary N) is 1. The van der Waals surface area contributed by atoms with Crippen molar-refractivity contribution in [3.63, 3.8) is 0 Å². The lowest BCUT2D eigenvalue weighted by Crippen LogP contribution is -2.65. The van der Waals surface area contributed by atoms with E-state index in [0.717, 1.165) is 6.07 Å². The first-order chi connectivity index (χ1) is 8.59. The fourth-order valence-electron chi connectivity index (χ4n) is 2.44. The van der Waals surface area contributed by atoms with Gasteiger partial charge in [-0.05, 0) is 24.5 Å². The first-order valence-corrected chi connectivity index (χ1v) is 5.58. The highest BCUT2D eigenvalue weighted by molar-refractivity contribution is 5.41. The van der Waals surface area contributed by atoms with Crippen molar-refractivity contribution >= 4 is 0 Å². The maximum atomic E-state index is 13.1. The van der Waals surface area contributed by atoms with E-state index in [0.29, 0.717) is 5.56 Å². The molecule has 0 amide bonds. The molecule has 2 rings (SSSR count). The monoisotopic (exact) mass is 283 g/mol. The van der Waals surface area contributed by atoms with Crippen LogP contribution in [0.5, 0.6) is 0 Å². The molecule has 7 heteroatoms. The SMILES string of the molecule is Cc1ccc2c(c1)CCNC2(C(F)(F)F)C(F)(F)F. The summed E-state index contributed by atoms with van der Waals surface area (Å²) < 4.78 is 78.5. The number of fused-ring (bicyclic) bond motifs is 1. The van der Waals surface area contributed by atoms with Crippen molar-refractivity contribution in [3.8, 4) is 0 Å². The molecule has 0 atom stereocenters. The van der Waals surface area contributed by atoms with Crippen LogP contribution < -0.4 is 5.32 Å². The molecule has 0 radical (unpaired) electrons. The van der Waals surface area contributed by atoms with E-state index in [4.69, 9.17) is 0 Å². The van der Waals surface area contributed by atoms with Gasteiger partial charge in [-0.15, -0.1) is 0 Å². The number of benzene rings is 1. The molecule has 1 nitrogen and oxygen atoms in total. The van der Waals surface area contributed by atoms with Crippen molar-refractivity contribution in [1.29, 1.82) is 0 Å². The van der Waals surface area contributed by atoms with Crippen LogP contribution in [-0.2, 0) is 12.0 Å². The van der Waals surface area contributed by atoms with E-state index in [1.54, 1.807) is 12.2 Å². The van der Waals surface area contributed by atoms with E-state index in [1.807, 2.05) is 0 Å². The lowest BCUT2D eigenvalue weighted by atomic mass is 9.80. The largest absolute Gasteiger partial charge is 0.419 e. The van der Waals surface area contributed by atoms with Gasteiger partial charge in [0, 0.05) is 6.54 Å². The lowest BCUT2D eigenvalue weighted by Gasteiger charge is -2.42. The van der Waals surface area contributed by atoms with Gasteiger partial charge in [-0.1, -0.05) is 23.8 Å². The van der Waals surface area contributed by atoms with Crippen LogP contribution in [0.15, 0.2) is 18.2 Å². The highest BCUT2D eigenvalue weighted by atomic mass is 19.4. The molecule has 106 valence electrons. The van der Waals surface area contributed by atoms with Crippen LogP contribution in [0.25, 0.3) is 0 Å². The standard InChI is InChI=1S/C12H11F6N/c1-7-2-3-9-8(6-7)4-5-19-10(9,11(13,14)15)12(16,17)18/h2-3,6,19H,4-5H2,1H3. The Kier molecular flexibility index (Phi) is 3.08. The molecule has 1 aliphatic rings.